The minimum absolute atomic E-state index is 0.465. The van der Waals surface area contributed by atoms with Gasteiger partial charge in [-0.25, -0.2) is 0 Å². The number of nitrogens with one attached hydrogen (secondary N) is 1. The van der Waals surface area contributed by atoms with E-state index in [-0.39, 0.29) is 0 Å². The van der Waals surface area contributed by atoms with Crippen molar-refractivity contribution in [3.05, 3.63) is 59.7 Å². The van der Waals surface area contributed by atoms with Crippen LogP contribution < -0.4 is 11.1 Å². The largest absolute Gasteiger partial charge is 0.370 e. The average molecular weight is 299 g/mol. The first-order valence-corrected chi connectivity index (χ1v) is 7.96. The third-order valence-electron chi connectivity index (χ3n) is 3.16. The lowest BCUT2D eigenvalue weighted by molar-refractivity contribution is 1.13. The van der Waals surface area contributed by atoms with Crippen molar-refractivity contribution in [2.75, 3.05) is 17.6 Å². The van der Waals surface area contributed by atoms with Gasteiger partial charge in [-0.1, -0.05) is 24.3 Å². The van der Waals surface area contributed by atoms with Gasteiger partial charge in [0.15, 0.2) is 5.96 Å². The van der Waals surface area contributed by atoms with E-state index >= 15 is 0 Å². The summed E-state index contributed by atoms with van der Waals surface area (Å²) < 4.78 is 0. The number of rotatable bonds is 5. The van der Waals surface area contributed by atoms with E-state index in [9.17, 15) is 0 Å². The van der Waals surface area contributed by atoms with Crippen LogP contribution in [0, 0.1) is 13.8 Å². The molecule has 0 aliphatic carbocycles. The second-order valence-electron chi connectivity index (χ2n) is 4.85. The Kier molecular flexibility index (Phi) is 5.69. The van der Waals surface area contributed by atoms with Crippen LogP contribution in [0.25, 0.3) is 0 Å². The van der Waals surface area contributed by atoms with Gasteiger partial charge in [0.1, 0.15) is 0 Å². The fourth-order valence-electron chi connectivity index (χ4n) is 1.85. The van der Waals surface area contributed by atoms with Crippen LogP contribution in [0.2, 0.25) is 0 Å². The van der Waals surface area contributed by atoms with Crippen LogP contribution >= 0.6 is 11.8 Å². The molecule has 0 heterocycles. The molecule has 0 spiro atoms. The summed E-state index contributed by atoms with van der Waals surface area (Å²) in [6, 6.07) is 16.5. The number of aliphatic imine (C=N–C) groups is 1. The van der Waals surface area contributed by atoms with Gasteiger partial charge in [-0.2, -0.15) is 0 Å². The summed E-state index contributed by atoms with van der Waals surface area (Å²) >= 11 is 1.78. The highest BCUT2D eigenvalue weighted by atomic mass is 32.2. The molecule has 21 heavy (non-hydrogen) atoms. The molecule has 0 saturated carbocycles. The highest BCUT2D eigenvalue weighted by Gasteiger charge is 1.98. The molecule has 0 saturated heterocycles. The number of hydrogen-bond acceptors (Lipinski definition) is 2. The Balaban J connectivity index is 1.80. The van der Waals surface area contributed by atoms with E-state index in [1.165, 1.54) is 16.0 Å². The molecule has 0 bridgehead atoms. The van der Waals surface area contributed by atoms with E-state index in [0.29, 0.717) is 12.5 Å². The molecule has 0 atom stereocenters. The predicted molar refractivity (Wildman–Crippen MR) is 93.2 cm³/mol. The summed E-state index contributed by atoms with van der Waals surface area (Å²) in [5.74, 6) is 1.38. The van der Waals surface area contributed by atoms with Crippen LogP contribution in [-0.4, -0.2) is 18.3 Å². The zero-order valence-electron chi connectivity index (χ0n) is 12.5. The fraction of sp³-hybridized carbons (Fsp3) is 0.235. The third-order valence-corrected chi connectivity index (χ3v) is 4.16. The number of aryl methyl sites for hydroxylation is 2. The van der Waals surface area contributed by atoms with Crippen LogP contribution in [0.3, 0.4) is 0 Å². The molecule has 2 aromatic carbocycles. The number of thioether (sulfide) groups is 1. The van der Waals surface area contributed by atoms with Gasteiger partial charge in [0.25, 0.3) is 0 Å². The summed E-state index contributed by atoms with van der Waals surface area (Å²) in [5, 5.41) is 3.13. The minimum Gasteiger partial charge on any atom is -0.370 e. The fourth-order valence-corrected chi connectivity index (χ4v) is 2.62. The van der Waals surface area contributed by atoms with Gasteiger partial charge >= 0.3 is 0 Å². The molecule has 0 radical (unpaired) electrons. The Hall–Kier alpha value is -1.94. The highest BCUT2D eigenvalue weighted by Crippen LogP contribution is 2.16. The Morgan fingerprint density at radius 1 is 1.10 bits per heavy atom. The van der Waals surface area contributed by atoms with Gasteiger partial charge in [0.2, 0.25) is 0 Å². The standard InChI is InChI=1S/C17H21N3S/c1-13-8-9-15(12-14(13)2)20-17(18)19-10-11-21-16-6-4-3-5-7-16/h3-9,12H,10-11H2,1-2H3,(H3,18,19,20). The molecular formula is C17H21N3S. The quantitative estimate of drug-likeness (QED) is 0.382. The van der Waals surface area contributed by atoms with E-state index in [2.05, 4.69) is 48.4 Å². The smallest absolute Gasteiger partial charge is 0.193 e. The third kappa shape index (κ3) is 5.16. The van der Waals surface area contributed by atoms with Gasteiger partial charge in [-0.15, -0.1) is 11.8 Å². The Labute approximate surface area is 130 Å². The molecule has 0 amide bonds. The second kappa shape index (κ2) is 7.74. The molecule has 2 aromatic rings. The van der Waals surface area contributed by atoms with Crippen molar-refractivity contribution in [2.24, 2.45) is 10.7 Å². The summed E-state index contributed by atoms with van der Waals surface area (Å²) in [7, 11) is 0. The number of hydrogen-bond donors (Lipinski definition) is 2. The van der Waals surface area contributed by atoms with Crippen LogP contribution in [0.4, 0.5) is 5.69 Å². The zero-order chi connectivity index (χ0) is 15.1. The normalized spacial score (nSPS) is 11.4. The number of nitrogens with zero attached hydrogens (tertiary/aromatic N) is 1. The SMILES string of the molecule is Cc1ccc(NC(N)=NCCSc2ccccc2)cc1C. The summed E-state index contributed by atoms with van der Waals surface area (Å²) in [4.78, 5) is 5.61. The number of guanidine groups is 1. The van der Waals surface area contributed by atoms with Crippen molar-refractivity contribution in [1.29, 1.82) is 0 Å². The van der Waals surface area contributed by atoms with Crippen molar-refractivity contribution in [3.63, 3.8) is 0 Å². The molecule has 110 valence electrons. The Bertz CT molecular complexity index is 609. The van der Waals surface area contributed by atoms with Crippen molar-refractivity contribution in [1.82, 2.24) is 0 Å². The molecule has 0 aliphatic heterocycles. The maximum absolute atomic E-state index is 5.90. The zero-order valence-corrected chi connectivity index (χ0v) is 13.3. The molecule has 3 N–H and O–H groups in total. The molecule has 0 unspecified atom stereocenters. The van der Waals surface area contributed by atoms with Gasteiger partial charge in [-0.3, -0.25) is 4.99 Å². The van der Waals surface area contributed by atoms with Crippen molar-refractivity contribution in [2.45, 2.75) is 18.7 Å². The minimum atomic E-state index is 0.465. The maximum atomic E-state index is 5.90. The van der Waals surface area contributed by atoms with E-state index in [4.69, 9.17) is 5.73 Å². The lowest BCUT2D eigenvalue weighted by Gasteiger charge is -2.08. The summed E-state index contributed by atoms with van der Waals surface area (Å²) in [6.07, 6.45) is 0. The van der Waals surface area contributed by atoms with E-state index in [1.54, 1.807) is 11.8 Å². The molecule has 0 fully saturated rings. The van der Waals surface area contributed by atoms with Crippen LogP contribution in [-0.2, 0) is 0 Å². The lowest BCUT2D eigenvalue weighted by Crippen LogP contribution is -2.23. The monoisotopic (exact) mass is 299 g/mol. The summed E-state index contributed by atoms with van der Waals surface area (Å²) in [5.41, 5.74) is 9.40. The Morgan fingerprint density at radius 3 is 2.57 bits per heavy atom. The predicted octanol–water partition coefficient (Wildman–Crippen LogP) is 3.82. The molecule has 0 aromatic heterocycles. The van der Waals surface area contributed by atoms with Crippen molar-refractivity contribution >= 4 is 23.4 Å². The summed E-state index contributed by atoms with van der Waals surface area (Å²) in [6.45, 7) is 4.88. The molecule has 4 heteroatoms. The molecule has 3 nitrogen and oxygen atoms in total. The first kappa shape index (κ1) is 15.4. The van der Waals surface area contributed by atoms with Crippen LogP contribution in [0.15, 0.2) is 58.4 Å². The van der Waals surface area contributed by atoms with Crippen molar-refractivity contribution < 1.29 is 0 Å². The number of benzene rings is 2. The highest BCUT2D eigenvalue weighted by molar-refractivity contribution is 7.99. The van der Waals surface area contributed by atoms with Gasteiger partial charge in [0, 0.05) is 16.3 Å². The van der Waals surface area contributed by atoms with Crippen LogP contribution in [0.1, 0.15) is 11.1 Å². The van der Waals surface area contributed by atoms with E-state index < -0.39 is 0 Å². The first-order chi connectivity index (χ1) is 10.1. The average Bonchev–Trinajstić information content (AvgIpc) is 2.49. The molecular weight excluding hydrogens is 278 g/mol. The van der Waals surface area contributed by atoms with Gasteiger partial charge in [0.05, 0.1) is 6.54 Å². The van der Waals surface area contributed by atoms with E-state index in [1.807, 2.05) is 24.3 Å². The maximum Gasteiger partial charge on any atom is 0.193 e. The number of anilines is 1. The Morgan fingerprint density at radius 2 is 1.86 bits per heavy atom. The van der Waals surface area contributed by atoms with Gasteiger partial charge in [-0.05, 0) is 49.2 Å². The van der Waals surface area contributed by atoms with Gasteiger partial charge < -0.3 is 11.1 Å². The number of nitrogens with two attached hydrogens (primary N) is 1. The lowest BCUT2D eigenvalue weighted by atomic mass is 10.1. The van der Waals surface area contributed by atoms with Crippen molar-refractivity contribution in [3.8, 4) is 0 Å². The molecule has 2 rings (SSSR count). The van der Waals surface area contributed by atoms with E-state index in [0.717, 1.165) is 11.4 Å². The molecule has 0 aliphatic rings. The topological polar surface area (TPSA) is 50.4 Å². The first-order valence-electron chi connectivity index (χ1n) is 6.97. The second-order valence-corrected chi connectivity index (χ2v) is 6.02. The van der Waals surface area contributed by atoms with Crippen LogP contribution in [0.5, 0.6) is 0 Å².